The predicted octanol–water partition coefficient (Wildman–Crippen LogP) is 3.62. The standard InChI is InChI=1S/C13H11ClO2/c14-11-4-2-6-13(8-11)16-9-10-3-1-5-12(15)7-10/h1-8,15H,9H2. The van der Waals surface area contributed by atoms with Crippen LogP contribution in [0.2, 0.25) is 5.02 Å². The number of rotatable bonds is 3. The molecule has 0 saturated carbocycles. The Morgan fingerprint density at radius 2 is 1.88 bits per heavy atom. The lowest BCUT2D eigenvalue weighted by atomic mass is 10.2. The average Bonchev–Trinajstić information content (AvgIpc) is 2.27. The summed E-state index contributed by atoms with van der Waals surface area (Å²) in [6, 6.07) is 14.2. The molecule has 0 aliphatic carbocycles. The third kappa shape index (κ3) is 2.91. The van der Waals surface area contributed by atoms with Gasteiger partial charge in [0.1, 0.15) is 18.1 Å². The molecule has 2 nitrogen and oxygen atoms in total. The SMILES string of the molecule is Oc1cccc(COc2cccc(Cl)c2)c1. The van der Waals surface area contributed by atoms with Crippen molar-refractivity contribution in [3.8, 4) is 11.5 Å². The van der Waals surface area contributed by atoms with E-state index in [4.69, 9.17) is 16.3 Å². The van der Waals surface area contributed by atoms with E-state index in [0.29, 0.717) is 11.6 Å². The van der Waals surface area contributed by atoms with Gasteiger partial charge >= 0.3 is 0 Å². The molecule has 0 amide bonds. The number of phenols is 1. The zero-order chi connectivity index (χ0) is 11.4. The summed E-state index contributed by atoms with van der Waals surface area (Å²) in [5.41, 5.74) is 0.917. The zero-order valence-electron chi connectivity index (χ0n) is 8.56. The van der Waals surface area contributed by atoms with Crippen molar-refractivity contribution in [1.29, 1.82) is 0 Å². The van der Waals surface area contributed by atoms with E-state index in [2.05, 4.69) is 0 Å². The van der Waals surface area contributed by atoms with Crippen molar-refractivity contribution in [1.82, 2.24) is 0 Å². The highest BCUT2D eigenvalue weighted by molar-refractivity contribution is 6.30. The number of hydrogen-bond acceptors (Lipinski definition) is 2. The molecule has 2 aromatic carbocycles. The topological polar surface area (TPSA) is 29.5 Å². The van der Waals surface area contributed by atoms with E-state index in [9.17, 15) is 5.11 Å². The number of hydrogen-bond donors (Lipinski definition) is 1. The molecule has 0 aliphatic rings. The minimum Gasteiger partial charge on any atom is -0.508 e. The van der Waals surface area contributed by atoms with Crippen LogP contribution in [0.4, 0.5) is 0 Å². The van der Waals surface area contributed by atoms with Crippen molar-refractivity contribution < 1.29 is 9.84 Å². The van der Waals surface area contributed by atoms with Crippen LogP contribution in [0.1, 0.15) is 5.56 Å². The Kier molecular flexibility index (Phi) is 3.32. The predicted molar refractivity (Wildman–Crippen MR) is 63.9 cm³/mol. The molecular formula is C13H11ClO2. The Bertz CT molecular complexity index is 437. The Labute approximate surface area is 99.1 Å². The lowest BCUT2D eigenvalue weighted by molar-refractivity contribution is 0.305. The van der Waals surface area contributed by atoms with Gasteiger partial charge in [-0.25, -0.2) is 0 Å². The first-order chi connectivity index (χ1) is 7.74. The van der Waals surface area contributed by atoms with Crippen LogP contribution >= 0.6 is 11.6 Å². The van der Waals surface area contributed by atoms with Gasteiger partial charge in [-0.15, -0.1) is 0 Å². The Morgan fingerprint density at radius 3 is 2.62 bits per heavy atom. The molecule has 1 N–H and O–H groups in total. The van der Waals surface area contributed by atoms with Crippen LogP contribution in [0.25, 0.3) is 0 Å². The van der Waals surface area contributed by atoms with E-state index in [1.54, 1.807) is 30.3 Å². The summed E-state index contributed by atoms with van der Waals surface area (Å²) in [6.45, 7) is 0.411. The summed E-state index contributed by atoms with van der Waals surface area (Å²) in [5.74, 6) is 0.961. The van der Waals surface area contributed by atoms with Crippen molar-refractivity contribution in [3.63, 3.8) is 0 Å². The summed E-state index contributed by atoms with van der Waals surface area (Å²) in [6.07, 6.45) is 0. The third-order valence-electron chi connectivity index (χ3n) is 2.11. The van der Waals surface area contributed by atoms with Gasteiger partial charge in [-0.1, -0.05) is 29.8 Å². The van der Waals surface area contributed by atoms with Crippen LogP contribution in [0.3, 0.4) is 0 Å². The normalized spacial score (nSPS) is 10.1. The maximum atomic E-state index is 9.28. The summed E-state index contributed by atoms with van der Waals surface area (Å²) >= 11 is 5.83. The Hall–Kier alpha value is -1.67. The van der Waals surface area contributed by atoms with Crippen LogP contribution in [-0.2, 0) is 6.61 Å². The lowest BCUT2D eigenvalue weighted by Gasteiger charge is -2.06. The fourth-order valence-corrected chi connectivity index (χ4v) is 1.55. The van der Waals surface area contributed by atoms with E-state index in [0.717, 1.165) is 11.3 Å². The molecule has 0 bridgehead atoms. The fourth-order valence-electron chi connectivity index (χ4n) is 1.37. The van der Waals surface area contributed by atoms with E-state index >= 15 is 0 Å². The number of phenolic OH excluding ortho intramolecular Hbond substituents is 1. The minimum atomic E-state index is 0.243. The van der Waals surface area contributed by atoms with Gasteiger partial charge < -0.3 is 9.84 Å². The summed E-state index contributed by atoms with van der Waals surface area (Å²) in [4.78, 5) is 0. The zero-order valence-corrected chi connectivity index (χ0v) is 9.32. The van der Waals surface area contributed by atoms with Gasteiger partial charge in [-0.3, -0.25) is 0 Å². The molecule has 0 aliphatic heterocycles. The first kappa shape index (κ1) is 10.8. The second-order valence-electron chi connectivity index (χ2n) is 3.42. The van der Waals surface area contributed by atoms with Crippen molar-refractivity contribution >= 4 is 11.6 Å². The van der Waals surface area contributed by atoms with Gasteiger partial charge in [0.05, 0.1) is 0 Å². The van der Waals surface area contributed by atoms with Crippen molar-refractivity contribution in [2.45, 2.75) is 6.61 Å². The molecule has 0 saturated heterocycles. The van der Waals surface area contributed by atoms with Gasteiger partial charge in [0.25, 0.3) is 0 Å². The molecule has 2 rings (SSSR count). The highest BCUT2D eigenvalue weighted by Crippen LogP contribution is 2.19. The quantitative estimate of drug-likeness (QED) is 0.879. The molecule has 0 aromatic heterocycles. The molecule has 0 radical (unpaired) electrons. The van der Waals surface area contributed by atoms with Crippen LogP contribution in [-0.4, -0.2) is 5.11 Å². The van der Waals surface area contributed by atoms with Crippen molar-refractivity contribution in [2.75, 3.05) is 0 Å². The highest BCUT2D eigenvalue weighted by atomic mass is 35.5. The van der Waals surface area contributed by atoms with E-state index < -0.39 is 0 Å². The molecule has 16 heavy (non-hydrogen) atoms. The molecule has 0 atom stereocenters. The largest absolute Gasteiger partial charge is 0.508 e. The lowest BCUT2D eigenvalue weighted by Crippen LogP contribution is -1.94. The highest BCUT2D eigenvalue weighted by Gasteiger charge is 1.97. The van der Waals surface area contributed by atoms with Crippen LogP contribution in [0.5, 0.6) is 11.5 Å². The maximum absolute atomic E-state index is 9.28. The maximum Gasteiger partial charge on any atom is 0.121 e. The number of ether oxygens (including phenoxy) is 1. The first-order valence-electron chi connectivity index (χ1n) is 4.90. The van der Waals surface area contributed by atoms with Gasteiger partial charge in [0.2, 0.25) is 0 Å². The van der Waals surface area contributed by atoms with Gasteiger partial charge in [0, 0.05) is 5.02 Å². The fraction of sp³-hybridized carbons (Fsp3) is 0.0769. The van der Waals surface area contributed by atoms with E-state index in [1.165, 1.54) is 0 Å². The van der Waals surface area contributed by atoms with Gasteiger partial charge in [-0.2, -0.15) is 0 Å². The molecule has 0 fully saturated rings. The molecule has 2 aromatic rings. The van der Waals surface area contributed by atoms with E-state index in [1.807, 2.05) is 18.2 Å². The Morgan fingerprint density at radius 1 is 1.06 bits per heavy atom. The summed E-state index contributed by atoms with van der Waals surface area (Å²) in [7, 11) is 0. The number of benzene rings is 2. The van der Waals surface area contributed by atoms with Crippen LogP contribution in [0, 0.1) is 0 Å². The second-order valence-corrected chi connectivity index (χ2v) is 3.85. The van der Waals surface area contributed by atoms with Crippen molar-refractivity contribution in [2.24, 2.45) is 0 Å². The summed E-state index contributed by atoms with van der Waals surface area (Å²) < 4.78 is 5.53. The summed E-state index contributed by atoms with van der Waals surface area (Å²) in [5, 5.41) is 9.92. The molecule has 0 unspecified atom stereocenters. The van der Waals surface area contributed by atoms with Gasteiger partial charge in [-0.05, 0) is 35.9 Å². The molecule has 3 heteroatoms. The number of halogens is 1. The molecule has 0 heterocycles. The molecule has 0 spiro atoms. The molecule has 82 valence electrons. The van der Waals surface area contributed by atoms with E-state index in [-0.39, 0.29) is 5.75 Å². The second kappa shape index (κ2) is 4.90. The van der Waals surface area contributed by atoms with Gasteiger partial charge in [0.15, 0.2) is 0 Å². The molecular weight excluding hydrogens is 224 g/mol. The smallest absolute Gasteiger partial charge is 0.121 e. The van der Waals surface area contributed by atoms with Crippen LogP contribution < -0.4 is 4.74 Å². The first-order valence-corrected chi connectivity index (χ1v) is 5.28. The minimum absolute atomic E-state index is 0.243. The third-order valence-corrected chi connectivity index (χ3v) is 2.35. The Balaban J connectivity index is 2.02. The van der Waals surface area contributed by atoms with Crippen LogP contribution in [0.15, 0.2) is 48.5 Å². The number of aromatic hydroxyl groups is 1. The van der Waals surface area contributed by atoms with Crippen molar-refractivity contribution in [3.05, 3.63) is 59.1 Å². The monoisotopic (exact) mass is 234 g/mol. The average molecular weight is 235 g/mol.